The van der Waals surface area contributed by atoms with E-state index >= 15 is 0 Å². The number of benzene rings is 4. The molecular weight excluding hydrogens is 384 g/mol. The summed E-state index contributed by atoms with van der Waals surface area (Å²) in [4.78, 5) is 4.81. The van der Waals surface area contributed by atoms with Crippen LogP contribution in [-0.4, -0.2) is 4.98 Å². The number of aromatic nitrogens is 1. The van der Waals surface area contributed by atoms with Crippen molar-refractivity contribution in [3.05, 3.63) is 83.3 Å². The van der Waals surface area contributed by atoms with E-state index in [0.717, 1.165) is 42.5 Å². The van der Waals surface area contributed by atoms with E-state index in [0.29, 0.717) is 5.82 Å². The minimum atomic E-state index is 0.574. The second-order valence-corrected chi connectivity index (χ2v) is 7.34. The number of halogens is 1. The maximum absolute atomic E-state index is 6.31. The Morgan fingerprint density at radius 3 is 2.27 bits per heavy atom. The molecule has 0 atom stereocenters. The molecule has 0 unspecified atom stereocenters. The second kappa shape index (κ2) is 5.82. The Bertz CT molecular complexity index is 1310. The minimum absolute atomic E-state index is 0.574. The van der Waals surface area contributed by atoms with Crippen LogP contribution in [0.25, 0.3) is 43.6 Å². The molecule has 5 aromatic rings. The highest BCUT2D eigenvalue weighted by Crippen LogP contribution is 2.39. The molecule has 4 aromatic carbocycles. The highest BCUT2D eigenvalue weighted by Gasteiger charge is 2.14. The number of fused-ring (bicyclic) bond motifs is 5. The summed E-state index contributed by atoms with van der Waals surface area (Å²) in [5, 5.41) is 5.56. The normalized spacial score (nSPS) is 11.4. The van der Waals surface area contributed by atoms with Gasteiger partial charge in [0.15, 0.2) is 0 Å². The van der Waals surface area contributed by atoms with Crippen LogP contribution in [0, 0.1) is 0 Å². The molecule has 3 heteroatoms. The van der Waals surface area contributed by atoms with Crippen molar-refractivity contribution in [2.45, 2.75) is 0 Å². The first-order chi connectivity index (χ1) is 12.7. The van der Waals surface area contributed by atoms with E-state index in [2.05, 4.69) is 70.5 Å². The minimum Gasteiger partial charge on any atom is -0.383 e. The summed E-state index contributed by atoms with van der Waals surface area (Å²) >= 11 is 3.60. The molecule has 0 aliphatic rings. The van der Waals surface area contributed by atoms with Crippen molar-refractivity contribution >= 4 is 54.2 Å². The lowest BCUT2D eigenvalue weighted by molar-refractivity contribution is 1.46. The summed E-state index contributed by atoms with van der Waals surface area (Å²) in [6.45, 7) is 0. The molecular formula is C23H15BrN2. The van der Waals surface area contributed by atoms with Gasteiger partial charge in [-0.1, -0.05) is 76.6 Å². The zero-order valence-electron chi connectivity index (χ0n) is 13.9. The smallest absolute Gasteiger partial charge is 0.132 e. The zero-order valence-corrected chi connectivity index (χ0v) is 15.5. The van der Waals surface area contributed by atoms with Gasteiger partial charge in [0.25, 0.3) is 0 Å². The van der Waals surface area contributed by atoms with Crippen molar-refractivity contribution in [2.24, 2.45) is 0 Å². The predicted octanol–water partition coefficient (Wildman–Crippen LogP) is 6.55. The van der Waals surface area contributed by atoms with Gasteiger partial charge in [0, 0.05) is 20.6 Å². The van der Waals surface area contributed by atoms with Crippen molar-refractivity contribution in [3.8, 4) is 11.1 Å². The van der Waals surface area contributed by atoms with Crippen LogP contribution < -0.4 is 5.73 Å². The molecule has 124 valence electrons. The summed E-state index contributed by atoms with van der Waals surface area (Å²) in [5.74, 6) is 0.574. The lowest BCUT2D eigenvalue weighted by atomic mass is 9.92. The maximum Gasteiger partial charge on any atom is 0.132 e. The molecule has 2 N–H and O–H groups in total. The molecule has 0 spiro atoms. The number of nitrogen functional groups attached to an aromatic ring is 1. The Morgan fingerprint density at radius 1 is 0.731 bits per heavy atom. The van der Waals surface area contributed by atoms with Crippen LogP contribution in [0.1, 0.15) is 0 Å². The van der Waals surface area contributed by atoms with E-state index in [4.69, 9.17) is 10.7 Å². The van der Waals surface area contributed by atoms with Crippen molar-refractivity contribution in [3.63, 3.8) is 0 Å². The summed E-state index contributed by atoms with van der Waals surface area (Å²) in [5.41, 5.74) is 9.59. The number of anilines is 1. The van der Waals surface area contributed by atoms with Gasteiger partial charge in [0.05, 0.1) is 5.52 Å². The summed E-state index contributed by atoms with van der Waals surface area (Å²) in [6, 6.07) is 27.2. The van der Waals surface area contributed by atoms with Gasteiger partial charge in [-0.05, 0) is 40.1 Å². The second-order valence-electron chi connectivity index (χ2n) is 6.42. The zero-order chi connectivity index (χ0) is 17.7. The molecule has 2 nitrogen and oxygen atoms in total. The van der Waals surface area contributed by atoms with Gasteiger partial charge < -0.3 is 5.73 Å². The third-order valence-corrected chi connectivity index (χ3v) is 5.36. The van der Waals surface area contributed by atoms with Gasteiger partial charge in [0.1, 0.15) is 5.82 Å². The fourth-order valence-corrected chi connectivity index (χ4v) is 4.11. The number of pyridine rings is 1. The Labute approximate surface area is 159 Å². The number of nitrogens with two attached hydrogens (primary N) is 1. The Kier molecular flexibility index (Phi) is 3.44. The highest BCUT2D eigenvalue weighted by molar-refractivity contribution is 9.10. The lowest BCUT2D eigenvalue weighted by Crippen LogP contribution is -1.95. The van der Waals surface area contributed by atoms with E-state index in [1.807, 2.05) is 24.3 Å². The van der Waals surface area contributed by atoms with Crippen molar-refractivity contribution < 1.29 is 0 Å². The maximum atomic E-state index is 6.31. The topological polar surface area (TPSA) is 38.9 Å². The van der Waals surface area contributed by atoms with Crippen LogP contribution in [0.2, 0.25) is 0 Å². The van der Waals surface area contributed by atoms with Crippen molar-refractivity contribution in [2.75, 3.05) is 5.73 Å². The van der Waals surface area contributed by atoms with Gasteiger partial charge in [-0.3, -0.25) is 0 Å². The molecule has 1 aromatic heterocycles. The standard InChI is InChI=1S/C23H15BrN2/c24-16-8-5-7-14(12-16)20-13-15-6-1-2-9-17(15)22-21(20)18-10-3-4-11-19(18)23(25)26-22/h1-13H,(H2,25,26). The first-order valence-corrected chi connectivity index (χ1v) is 9.27. The molecule has 0 saturated carbocycles. The van der Waals surface area contributed by atoms with Crippen LogP contribution >= 0.6 is 15.9 Å². The lowest BCUT2D eigenvalue weighted by Gasteiger charge is -2.14. The summed E-state index contributed by atoms with van der Waals surface area (Å²) in [7, 11) is 0. The van der Waals surface area contributed by atoms with Gasteiger partial charge in [-0.2, -0.15) is 0 Å². The van der Waals surface area contributed by atoms with Gasteiger partial charge in [0.2, 0.25) is 0 Å². The van der Waals surface area contributed by atoms with Crippen molar-refractivity contribution in [1.29, 1.82) is 0 Å². The Balaban J connectivity index is 2.07. The molecule has 0 fully saturated rings. The quantitative estimate of drug-likeness (QED) is 0.325. The Morgan fingerprint density at radius 2 is 1.46 bits per heavy atom. The van der Waals surface area contributed by atoms with Gasteiger partial charge in [-0.25, -0.2) is 4.98 Å². The fourth-order valence-electron chi connectivity index (χ4n) is 3.71. The number of nitrogens with zero attached hydrogens (tertiary/aromatic N) is 1. The molecule has 0 bridgehead atoms. The SMILES string of the molecule is Nc1nc2c3ccccc3cc(-c3cccc(Br)c3)c2c2ccccc12. The first kappa shape index (κ1) is 15.4. The van der Waals surface area contributed by atoms with Gasteiger partial charge >= 0.3 is 0 Å². The molecule has 5 rings (SSSR count). The predicted molar refractivity (Wildman–Crippen MR) is 114 cm³/mol. The molecule has 26 heavy (non-hydrogen) atoms. The van der Waals surface area contributed by atoms with E-state index in [1.165, 1.54) is 5.56 Å². The molecule has 0 amide bonds. The largest absolute Gasteiger partial charge is 0.383 e. The first-order valence-electron chi connectivity index (χ1n) is 8.48. The average Bonchev–Trinajstić information content (AvgIpc) is 2.67. The molecule has 0 radical (unpaired) electrons. The van der Waals surface area contributed by atoms with Crippen LogP contribution in [0.4, 0.5) is 5.82 Å². The number of hydrogen-bond donors (Lipinski definition) is 1. The van der Waals surface area contributed by atoms with E-state index < -0.39 is 0 Å². The molecule has 1 heterocycles. The highest BCUT2D eigenvalue weighted by atomic mass is 79.9. The van der Waals surface area contributed by atoms with E-state index in [-0.39, 0.29) is 0 Å². The van der Waals surface area contributed by atoms with E-state index in [9.17, 15) is 0 Å². The molecule has 0 aliphatic heterocycles. The number of rotatable bonds is 1. The monoisotopic (exact) mass is 398 g/mol. The summed E-state index contributed by atoms with van der Waals surface area (Å²) in [6.07, 6.45) is 0. The average molecular weight is 399 g/mol. The van der Waals surface area contributed by atoms with Crippen LogP contribution in [-0.2, 0) is 0 Å². The fraction of sp³-hybridized carbons (Fsp3) is 0. The van der Waals surface area contributed by atoms with Crippen molar-refractivity contribution in [1.82, 2.24) is 4.98 Å². The molecule has 0 saturated heterocycles. The third kappa shape index (κ3) is 2.28. The number of hydrogen-bond acceptors (Lipinski definition) is 2. The van der Waals surface area contributed by atoms with Crippen LogP contribution in [0.3, 0.4) is 0 Å². The third-order valence-electron chi connectivity index (χ3n) is 4.86. The summed E-state index contributed by atoms with van der Waals surface area (Å²) < 4.78 is 1.06. The Hall–Kier alpha value is -2.91. The van der Waals surface area contributed by atoms with Gasteiger partial charge in [-0.15, -0.1) is 0 Å². The van der Waals surface area contributed by atoms with Crippen LogP contribution in [0.15, 0.2) is 83.3 Å². The molecule has 0 aliphatic carbocycles. The van der Waals surface area contributed by atoms with Crippen LogP contribution in [0.5, 0.6) is 0 Å². The van der Waals surface area contributed by atoms with E-state index in [1.54, 1.807) is 0 Å².